The maximum Gasteiger partial charge on any atom is 0.170 e. The summed E-state index contributed by atoms with van der Waals surface area (Å²) < 4.78 is 1.14. The molecule has 1 aliphatic heterocycles. The number of nitrogens with zero attached hydrogens (tertiary/aromatic N) is 3. The van der Waals surface area contributed by atoms with E-state index in [2.05, 4.69) is 68.3 Å². The molecule has 0 aromatic carbocycles. The van der Waals surface area contributed by atoms with Gasteiger partial charge in [-0.2, -0.15) is 0 Å². The molecule has 3 rings (SSSR count). The summed E-state index contributed by atoms with van der Waals surface area (Å²) in [5.74, 6) is 0. The highest BCUT2D eigenvalue weighted by Gasteiger charge is 2.40. The number of thiophene rings is 1. The summed E-state index contributed by atoms with van der Waals surface area (Å²) >= 11 is 11.0. The van der Waals surface area contributed by atoms with Gasteiger partial charge < -0.3 is 15.1 Å². The summed E-state index contributed by atoms with van der Waals surface area (Å²) in [6.45, 7) is 1.99. The molecule has 7 heteroatoms. The summed E-state index contributed by atoms with van der Waals surface area (Å²) in [7, 11) is 4.20. The molecule has 2 atom stereocenters. The Bertz CT molecular complexity index is 689. The molecule has 0 aliphatic carbocycles. The van der Waals surface area contributed by atoms with Crippen LogP contribution in [-0.4, -0.2) is 47.1 Å². The first-order valence-electron chi connectivity index (χ1n) is 7.94. The lowest BCUT2D eigenvalue weighted by Crippen LogP contribution is -2.32. The number of halogens is 1. The van der Waals surface area contributed by atoms with Gasteiger partial charge in [0.15, 0.2) is 5.11 Å². The normalized spacial score (nSPS) is 20.7. The third kappa shape index (κ3) is 3.96. The van der Waals surface area contributed by atoms with Crippen molar-refractivity contribution in [3.05, 3.63) is 50.9 Å². The Kier molecular flexibility index (Phi) is 5.86. The van der Waals surface area contributed by atoms with Crippen LogP contribution in [0.15, 0.2) is 40.3 Å². The topological polar surface area (TPSA) is 31.4 Å². The van der Waals surface area contributed by atoms with Crippen molar-refractivity contribution < 1.29 is 0 Å². The molecule has 2 aromatic heterocycles. The highest BCUT2D eigenvalue weighted by Crippen LogP contribution is 2.42. The van der Waals surface area contributed by atoms with Crippen LogP contribution in [0.5, 0.6) is 0 Å². The van der Waals surface area contributed by atoms with Gasteiger partial charge in [0.05, 0.1) is 21.6 Å². The lowest BCUT2D eigenvalue weighted by Gasteiger charge is -2.27. The number of hydrogen-bond acceptors (Lipinski definition) is 4. The summed E-state index contributed by atoms with van der Waals surface area (Å²) in [4.78, 5) is 10.4. The molecule has 2 aromatic rings. The van der Waals surface area contributed by atoms with Crippen molar-refractivity contribution in [2.75, 3.05) is 27.2 Å². The molecule has 24 heavy (non-hydrogen) atoms. The lowest BCUT2D eigenvalue weighted by molar-refractivity contribution is 0.296. The predicted molar refractivity (Wildman–Crippen MR) is 107 cm³/mol. The van der Waals surface area contributed by atoms with Gasteiger partial charge in [0.1, 0.15) is 0 Å². The molecule has 1 saturated heterocycles. The van der Waals surface area contributed by atoms with Crippen LogP contribution in [0.25, 0.3) is 0 Å². The van der Waals surface area contributed by atoms with Crippen molar-refractivity contribution in [1.82, 2.24) is 20.1 Å². The van der Waals surface area contributed by atoms with Crippen molar-refractivity contribution >= 4 is 44.6 Å². The first-order valence-corrected chi connectivity index (χ1v) is 9.96. The van der Waals surface area contributed by atoms with E-state index in [0.29, 0.717) is 0 Å². The van der Waals surface area contributed by atoms with Gasteiger partial charge in [0.2, 0.25) is 0 Å². The fourth-order valence-electron chi connectivity index (χ4n) is 3.00. The largest absolute Gasteiger partial charge is 0.352 e. The highest BCUT2D eigenvalue weighted by molar-refractivity contribution is 9.11. The number of hydrogen-bond donors (Lipinski definition) is 1. The zero-order chi connectivity index (χ0) is 17.1. The number of pyridine rings is 1. The molecule has 1 aliphatic rings. The Morgan fingerprint density at radius 3 is 2.79 bits per heavy atom. The van der Waals surface area contributed by atoms with Gasteiger partial charge in [0, 0.05) is 17.6 Å². The minimum atomic E-state index is 0.0867. The number of thiocarbonyl (C=S) groups is 1. The number of nitrogens with one attached hydrogen (secondary N) is 1. The van der Waals surface area contributed by atoms with Gasteiger partial charge in [-0.25, -0.2) is 0 Å². The summed E-state index contributed by atoms with van der Waals surface area (Å²) in [5, 5.41) is 4.31. The third-order valence-corrected chi connectivity index (χ3v) is 6.13. The summed E-state index contributed by atoms with van der Waals surface area (Å²) in [6, 6.07) is 10.6. The van der Waals surface area contributed by atoms with E-state index in [1.165, 1.54) is 4.88 Å². The van der Waals surface area contributed by atoms with Crippen LogP contribution in [0.2, 0.25) is 0 Å². The van der Waals surface area contributed by atoms with Crippen molar-refractivity contribution in [2.24, 2.45) is 0 Å². The lowest BCUT2D eigenvalue weighted by atomic mass is 10.0. The smallest absolute Gasteiger partial charge is 0.170 e. The standard InChI is InChI=1S/C17H21BrN4S2/c1-21(2)10-5-11-22-16(13-7-8-14(18)24-13)15(20-17(22)23)12-6-3-4-9-19-12/h3-4,6-9,15-16H,5,10-11H2,1-2H3,(H,20,23)/t15-,16-/m1/s1. The molecule has 3 heterocycles. The van der Waals surface area contributed by atoms with Crippen LogP contribution >= 0.6 is 39.5 Å². The van der Waals surface area contributed by atoms with Crippen molar-refractivity contribution in [1.29, 1.82) is 0 Å². The van der Waals surface area contributed by atoms with E-state index in [1.54, 1.807) is 11.3 Å². The number of aromatic nitrogens is 1. The minimum Gasteiger partial charge on any atom is -0.352 e. The average molecular weight is 425 g/mol. The van der Waals surface area contributed by atoms with Crippen LogP contribution in [0, 0.1) is 0 Å². The molecule has 1 fully saturated rings. The van der Waals surface area contributed by atoms with Crippen LogP contribution in [0.1, 0.15) is 29.1 Å². The van der Waals surface area contributed by atoms with Crippen molar-refractivity contribution in [3.8, 4) is 0 Å². The molecule has 0 unspecified atom stereocenters. The van der Waals surface area contributed by atoms with Gasteiger partial charge in [-0.05, 0) is 79.5 Å². The van der Waals surface area contributed by atoms with E-state index < -0.39 is 0 Å². The second kappa shape index (κ2) is 7.91. The van der Waals surface area contributed by atoms with E-state index >= 15 is 0 Å². The molecular weight excluding hydrogens is 404 g/mol. The quantitative estimate of drug-likeness (QED) is 0.712. The Hall–Kier alpha value is -1.02. The average Bonchev–Trinajstić information content (AvgIpc) is 3.12. The van der Waals surface area contributed by atoms with Gasteiger partial charge in [-0.15, -0.1) is 11.3 Å². The Morgan fingerprint density at radius 1 is 1.33 bits per heavy atom. The van der Waals surface area contributed by atoms with Crippen molar-refractivity contribution in [2.45, 2.75) is 18.5 Å². The molecule has 0 spiro atoms. The van der Waals surface area contributed by atoms with Crippen LogP contribution in [-0.2, 0) is 0 Å². The Balaban J connectivity index is 1.88. The van der Waals surface area contributed by atoms with Gasteiger partial charge in [-0.1, -0.05) is 6.07 Å². The summed E-state index contributed by atoms with van der Waals surface area (Å²) in [6.07, 6.45) is 2.92. The van der Waals surface area contributed by atoms with Gasteiger partial charge >= 0.3 is 0 Å². The first kappa shape index (κ1) is 17.8. The van der Waals surface area contributed by atoms with Crippen molar-refractivity contribution in [3.63, 3.8) is 0 Å². The second-order valence-electron chi connectivity index (χ2n) is 6.12. The SMILES string of the molecule is CN(C)CCCN1C(=S)N[C@H](c2ccccn2)[C@H]1c1ccc(Br)s1. The van der Waals surface area contributed by atoms with E-state index in [-0.39, 0.29) is 12.1 Å². The Labute approximate surface area is 161 Å². The van der Waals surface area contributed by atoms with E-state index in [9.17, 15) is 0 Å². The Morgan fingerprint density at radius 2 is 2.17 bits per heavy atom. The first-order chi connectivity index (χ1) is 11.6. The molecule has 0 amide bonds. The summed E-state index contributed by atoms with van der Waals surface area (Å²) in [5.41, 5.74) is 1.03. The maximum atomic E-state index is 5.65. The fourth-order valence-corrected chi connectivity index (χ4v) is 4.91. The van der Waals surface area contributed by atoms with E-state index in [1.807, 2.05) is 18.3 Å². The zero-order valence-corrected chi connectivity index (χ0v) is 17.0. The molecule has 0 radical (unpaired) electrons. The molecule has 1 N–H and O–H groups in total. The minimum absolute atomic E-state index is 0.0867. The van der Waals surface area contributed by atoms with Gasteiger partial charge in [-0.3, -0.25) is 4.98 Å². The second-order valence-corrected chi connectivity index (χ2v) is 9.00. The fraction of sp³-hybridized carbons (Fsp3) is 0.412. The van der Waals surface area contributed by atoms with Gasteiger partial charge in [0.25, 0.3) is 0 Å². The van der Waals surface area contributed by atoms with E-state index in [4.69, 9.17) is 12.2 Å². The highest BCUT2D eigenvalue weighted by atomic mass is 79.9. The third-order valence-electron chi connectivity index (χ3n) is 4.09. The maximum absolute atomic E-state index is 5.65. The number of rotatable bonds is 6. The monoisotopic (exact) mass is 424 g/mol. The molecular formula is C17H21BrN4S2. The molecule has 128 valence electrons. The predicted octanol–water partition coefficient (Wildman–Crippen LogP) is 3.83. The molecule has 0 saturated carbocycles. The van der Waals surface area contributed by atoms with E-state index in [0.717, 1.165) is 34.1 Å². The molecule has 4 nitrogen and oxygen atoms in total. The van der Waals surface area contributed by atoms with Crippen LogP contribution < -0.4 is 5.32 Å². The zero-order valence-electron chi connectivity index (χ0n) is 13.8. The van der Waals surface area contributed by atoms with Crippen LogP contribution in [0.3, 0.4) is 0 Å². The molecule has 0 bridgehead atoms. The van der Waals surface area contributed by atoms with Crippen LogP contribution in [0.4, 0.5) is 0 Å².